The van der Waals surface area contributed by atoms with Crippen molar-refractivity contribution >= 4 is 22.9 Å². The van der Waals surface area contributed by atoms with Crippen LogP contribution in [-0.2, 0) is 4.74 Å². The van der Waals surface area contributed by atoms with Gasteiger partial charge in [0, 0.05) is 25.5 Å². The van der Waals surface area contributed by atoms with Gasteiger partial charge in [0.2, 0.25) is 0 Å². The third kappa shape index (κ3) is 4.12. The molecule has 0 fully saturated rings. The van der Waals surface area contributed by atoms with Gasteiger partial charge in [0.25, 0.3) is 0 Å². The Hall–Kier alpha value is -1.20. The second-order valence-corrected chi connectivity index (χ2v) is 4.18. The molecule has 1 atom stereocenters. The molecule has 16 heavy (non-hydrogen) atoms. The maximum absolute atomic E-state index is 5.51. The van der Waals surface area contributed by atoms with Crippen LogP contribution in [0.1, 0.15) is 12.6 Å². The molecule has 0 amide bonds. The van der Waals surface area contributed by atoms with Crippen LogP contribution >= 0.6 is 12.2 Å². The molecule has 0 aliphatic rings. The van der Waals surface area contributed by atoms with Crippen molar-refractivity contribution in [3.63, 3.8) is 0 Å². The summed E-state index contributed by atoms with van der Waals surface area (Å²) in [5, 5.41) is 3.29. The van der Waals surface area contributed by atoms with Gasteiger partial charge < -0.3 is 15.8 Å². The summed E-state index contributed by atoms with van der Waals surface area (Å²) in [5.74, 6) is 0.450. The summed E-state index contributed by atoms with van der Waals surface area (Å²) >= 11 is 4.87. The topological polar surface area (TPSA) is 60.2 Å². The van der Waals surface area contributed by atoms with Crippen LogP contribution in [0.15, 0.2) is 18.3 Å². The van der Waals surface area contributed by atoms with Crippen molar-refractivity contribution in [3.8, 4) is 0 Å². The average molecular weight is 239 g/mol. The molecule has 0 bridgehead atoms. The van der Waals surface area contributed by atoms with Crippen molar-refractivity contribution in [3.05, 3.63) is 24.0 Å². The summed E-state index contributed by atoms with van der Waals surface area (Å²) in [6.45, 7) is 3.70. The van der Waals surface area contributed by atoms with Crippen LogP contribution in [0.2, 0.25) is 0 Å². The molecule has 1 heterocycles. The minimum absolute atomic E-state index is 0.314. The standard InChI is InChI=1S/C11H17N3OS/c1-8(7-15-2)6-14-9-3-4-13-10(5-9)11(12)16/h3-5,8H,6-7H2,1-2H3,(H2,12,16)(H,13,14). The quantitative estimate of drug-likeness (QED) is 0.735. The summed E-state index contributed by atoms with van der Waals surface area (Å²) in [4.78, 5) is 4.38. The van der Waals surface area contributed by atoms with Crippen molar-refractivity contribution in [2.24, 2.45) is 11.7 Å². The first-order valence-corrected chi connectivity index (χ1v) is 5.53. The molecule has 0 saturated carbocycles. The summed E-state index contributed by atoms with van der Waals surface area (Å²) in [6.07, 6.45) is 1.69. The highest BCUT2D eigenvalue weighted by atomic mass is 32.1. The Balaban J connectivity index is 2.54. The predicted molar refractivity (Wildman–Crippen MR) is 69.7 cm³/mol. The molecule has 3 N–H and O–H groups in total. The number of hydrogen-bond acceptors (Lipinski definition) is 4. The number of nitrogens with one attached hydrogen (secondary N) is 1. The Labute approximate surface area is 101 Å². The van der Waals surface area contributed by atoms with Gasteiger partial charge in [-0.3, -0.25) is 4.98 Å². The number of nitrogens with two attached hydrogens (primary N) is 1. The zero-order valence-electron chi connectivity index (χ0n) is 9.56. The van der Waals surface area contributed by atoms with E-state index in [0.717, 1.165) is 18.8 Å². The molecule has 1 aromatic rings. The molecule has 0 saturated heterocycles. The van der Waals surface area contributed by atoms with E-state index in [2.05, 4.69) is 17.2 Å². The van der Waals surface area contributed by atoms with Crippen LogP contribution in [0.4, 0.5) is 5.69 Å². The lowest BCUT2D eigenvalue weighted by molar-refractivity contribution is 0.164. The summed E-state index contributed by atoms with van der Waals surface area (Å²) in [6, 6.07) is 3.74. The molecule has 0 aliphatic carbocycles. The Bertz CT molecular complexity index is 357. The number of hydrogen-bond donors (Lipinski definition) is 2. The fraction of sp³-hybridized carbons (Fsp3) is 0.455. The number of nitrogens with zero attached hydrogens (tertiary/aromatic N) is 1. The lowest BCUT2D eigenvalue weighted by Gasteiger charge is -2.12. The van der Waals surface area contributed by atoms with E-state index < -0.39 is 0 Å². The van der Waals surface area contributed by atoms with Gasteiger partial charge in [0.15, 0.2) is 0 Å². The van der Waals surface area contributed by atoms with Crippen LogP contribution in [-0.4, -0.2) is 30.2 Å². The van der Waals surface area contributed by atoms with Gasteiger partial charge >= 0.3 is 0 Å². The van der Waals surface area contributed by atoms with Crippen LogP contribution in [0.25, 0.3) is 0 Å². The molecule has 1 aromatic heterocycles. The Morgan fingerprint density at radius 2 is 2.44 bits per heavy atom. The summed E-state index contributed by atoms with van der Waals surface area (Å²) < 4.78 is 5.06. The van der Waals surface area contributed by atoms with Crippen molar-refractivity contribution < 1.29 is 4.74 Å². The predicted octanol–water partition coefficient (Wildman–Crippen LogP) is 1.41. The van der Waals surface area contributed by atoms with Crippen molar-refractivity contribution in [2.75, 3.05) is 25.6 Å². The van der Waals surface area contributed by atoms with E-state index >= 15 is 0 Å². The van der Waals surface area contributed by atoms with Crippen LogP contribution in [0, 0.1) is 5.92 Å². The van der Waals surface area contributed by atoms with E-state index in [1.54, 1.807) is 13.3 Å². The lowest BCUT2D eigenvalue weighted by Crippen LogP contribution is -2.17. The normalized spacial score (nSPS) is 12.1. The highest BCUT2D eigenvalue weighted by Crippen LogP contribution is 2.09. The Kier molecular flexibility index (Phi) is 5.14. The smallest absolute Gasteiger partial charge is 0.122 e. The number of anilines is 1. The minimum Gasteiger partial charge on any atom is -0.388 e. The Morgan fingerprint density at radius 3 is 3.06 bits per heavy atom. The third-order valence-corrected chi connectivity index (χ3v) is 2.33. The Morgan fingerprint density at radius 1 is 1.69 bits per heavy atom. The largest absolute Gasteiger partial charge is 0.388 e. The van der Waals surface area contributed by atoms with Gasteiger partial charge in [0.1, 0.15) is 4.99 Å². The fourth-order valence-corrected chi connectivity index (χ4v) is 1.42. The second-order valence-electron chi connectivity index (χ2n) is 3.74. The number of methoxy groups -OCH3 is 1. The molecule has 5 heteroatoms. The molecule has 4 nitrogen and oxygen atoms in total. The van der Waals surface area contributed by atoms with Crippen LogP contribution in [0.3, 0.4) is 0 Å². The maximum Gasteiger partial charge on any atom is 0.122 e. The zero-order chi connectivity index (χ0) is 12.0. The number of rotatable bonds is 6. The zero-order valence-corrected chi connectivity index (χ0v) is 10.4. The van der Waals surface area contributed by atoms with Crippen molar-refractivity contribution in [1.29, 1.82) is 0 Å². The van der Waals surface area contributed by atoms with Crippen molar-refractivity contribution in [2.45, 2.75) is 6.92 Å². The molecular weight excluding hydrogens is 222 g/mol. The van der Waals surface area contributed by atoms with E-state index in [1.165, 1.54) is 0 Å². The maximum atomic E-state index is 5.51. The van der Waals surface area contributed by atoms with Gasteiger partial charge in [-0.25, -0.2) is 0 Å². The number of aromatic nitrogens is 1. The number of pyridine rings is 1. The molecule has 0 aliphatic heterocycles. The van der Waals surface area contributed by atoms with E-state index in [1.807, 2.05) is 12.1 Å². The lowest BCUT2D eigenvalue weighted by atomic mass is 10.2. The van der Waals surface area contributed by atoms with Gasteiger partial charge in [-0.05, 0) is 18.1 Å². The first-order chi connectivity index (χ1) is 7.63. The van der Waals surface area contributed by atoms with Crippen molar-refractivity contribution in [1.82, 2.24) is 4.98 Å². The SMILES string of the molecule is COCC(C)CNc1ccnc(C(N)=S)c1. The molecule has 88 valence electrons. The molecule has 0 radical (unpaired) electrons. The van der Waals surface area contributed by atoms with E-state index in [0.29, 0.717) is 16.6 Å². The monoisotopic (exact) mass is 239 g/mol. The molecule has 0 spiro atoms. The molecule has 1 unspecified atom stereocenters. The minimum atomic E-state index is 0.314. The van der Waals surface area contributed by atoms with Crippen LogP contribution in [0.5, 0.6) is 0 Å². The van der Waals surface area contributed by atoms with E-state index in [9.17, 15) is 0 Å². The van der Waals surface area contributed by atoms with E-state index in [4.69, 9.17) is 22.7 Å². The second kappa shape index (κ2) is 6.40. The molecule has 0 aromatic carbocycles. The van der Waals surface area contributed by atoms with Gasteiger partial charge in [-0.1, -0.05) is 19.1 Å². The van der Waals surface area contributed by atoms with Gasteiger partial charge in [-0.2, -0.15) is 0 Å². The summed E-state index contributed by atoms with van der Waals surface area (Å²) in [7, 11) is 1.70. The number of ether oxygens (including phenoxy) is 1. The van der Waals surface area contributed by atoms with Gasteiger partial charge in [0.05, 0.1) is 12.3 Å². The first-order valence-electron chi connectivity index (χ1n) is 5.12. The number of thiocarbonyl (C=S) groups is 1. The van der Waals surface area contributed by atoms with Crippen LogP contribution < -0.4 is 11.1 Å². The average Bonchev–Trinajstić information content (AvgIpc) is 2.27. The molecule has 1 rings (SSSR count). The highest BCUT2D eigenvalue weighted by Gasteiger charge is 2.03. The third-order valence-electron chi connectivity index (χ3n) is 2.12. The highest BCUT2D eigenvalue weighted by molar-refractivity contribution is 7.80. The first kappa shape index (κ1) is 12.9. The van der Waals surface area contributed by atoms with Gasteiger partial charge in [-0.15, -0.1) is 0 Å². The molecular formula is C11H17N3OS. The fourth-order valence-electron chi connectivity index (χ4n) is 1.31. The van der Waals surface area contributed by atoms with E-state index in [-0.39, 0.29) is 0 Å². The summed E-state index contributed by atoms with van der Waals surface area (Å²) in [5.41, 5.74) is 7.12.